The normalized spacial score (nSPS) is 10.2. The lowest BCUT2D eigenvalue weighted by atomic mass is 10.2. The molecule has 2 aromatic carbocycles. The first-order chi connectivity index (χ1) is 13.2. The van der Waals surface area contributed by atoms with Crippen LogP contribution in [0.2, 0.25) is 0 Å². The summed E-state index contributed by atoms with van der Waals surface area (Å²) in [4.78, 5) is 8.78. The van der Waals surface area contributed by atoms with Crippen molar-refractivity contribution in [3.63, 3.8) is 0 Å². The summed E-state index contributed by atoms with van der Waals surface area (Å²) in [5.41, 5.74) is 1.63. The molecular weight excluding hydrogens is 344 g/mol. The largest absolute Gasteiger partial charge is 0.493 e. The summed E-state index contributed by atoms with van der Waals surface area (Å²) in [6, 6.07) is 15.0. The monoisotopic (exact) mass is 366 g/mol. The molecule has 0 saturated heterocycles. The molecule has 140 valence electrons. The molecule has 0 spiro atoms. The Hall–Kier alpha value is -3.48. The molecule has 0 fully saturated rings. The van der Waals surface area contributed by atoms with Crippen molar-refractivity contribution in [3.8, 4) is 17.2 Å². The van der Waals surface area contributed by atoms with E-state index in [0.717, 1.165) is 17.1 Å². The highest BCUT2D eigenvalue weighted by molar-refractivity contribution is 5.65. The summed E-state index contributed by atoms with van der Waals surface area (Å²) >= 11 is 0. The van der Waals surface area contributed by atoms with Gasteiger partial charge in [0.2, 0.25) is 5.95 Å². The number of rotatable bonds is 8. The molecule has 0 radical (unpaired) electrons. The fraction of sp³-hybridized carbons (Fsp3) is 0.200. The number of anilines is 4. The Morgan fingerprint density at radius 2 is 1.70 bits per heavy atom. The van der Waals surface area contributed by atoms with Gasteiger partial charge in [0.05, 0.1) is 26.5 Å². The van der Waals surface area contributed by atoms with Crippen molar-refractivity contribution in [2.24, 2.45) is 0 Å². The van der Waals surface area contributed by atoms with E-state index in [1.807, 2.05) is 49.4 Å². The van der Waals surface area contributed by atoms with Crippen molar-refractivity contribution in [2.45, 2.75) is 6.92 Å². The van der Waals surface area contributed by atoms with E-state index in [4.69, 9.17) is 14.2 Å². The van der Waals surface area contributed by atoms with Gasteiger partial charge in [0.25, 0.3) is 0 Å². The van der Waals surface area contributed by atoms with Gasteiger partial charge in [-0.25, -0.2) is 4.98 Å². The Kier molecular flexibility index (Phi) is 5.94. The van der Waals surface area contributed by atoms with Gasteiger partial charge >= 0.3 is 0 Å². The first-order valence-corrected chi connectivity index (χ1v) is 8.54. The molecule has 0 aliphatic rings. The van der Waals surface area contributed by atoms with Crippen LogP contribution in [0.1, 0.15) is 6.92 Å². The van der Waals surface area contributed by atoms with Gasteiger partial charge in [-0.15, -0.1) is 0 Å². The minimum atomic E-state index is 0.465. The Labute approximate surface area is 158 Å². The van der Waals surface area contributed by atoms with Crippen LogP contribution in [0.5, 0.6) is 17.2 Å². The summed E-state index contributed by atoms with van der Waals surface area (Å²) in [6.45, 7) is 2.53. The van der Waals surface area contributed by atoms with E-state index in [9.17, 15) is 0 Å². The smallest absolute Gasteiger partial charge is 0.229 e. The standard InChI is InChI=1S/C20H22N4O3/c1-4-27-16-8-6-5-7-15(16)23-20-21-12-11-19(24-20)22-14-9-10-17(25-2)18(13-14)26-3/h5-13H,4H2,1-3H3,(H2,21,22,23,24). The van der Waals surface area contributed by atoms with Gasteiger partial charge in [-0.1, -0.05) is 12.1 Å². The molecule has 2 N–H and O–H groups in total. The second-order valence-corrected chi connectivity index (χ2v) is 5.51. The fourth-order valence-corrected chi connectivity index (χ4v) is 2.52. The van der Waals surface area contributed by atoms with Gasteiger partial charge < -0.3 is 24.8 Å². The number of hydrogen-bond acceptors (Lipinski definition) is 7. The number of benzene rings is 2. The minimum absolute atomic E-state index is 0.465. The van der Waals surface area contributed by atoms with E-state index in [0.29, 0.717) is 29.9 Å². The molecule has 0 saturated carbocycles. The number of para-hydroxylation sites is 2. The lowest BCUT2D eigenvalue weighted by Crippen LogP contribution is -2.02. The highest BCUT2D eigenvalue weighted by atomic mass is 16.5. The van der Waals surface area contributed by atoms with Gasteiger partial charge in [0.15, 0.2) is 11.5 Å². The number of aromatic nitrogens is 2. The zero-order valence-electron chi connectivity index (χ0n) is 15.5. The van der Waals surface area contributed by atoms with Crippen LogP contribution >= 0.6 is 0 Å². The Balaban J connectivity index is 1.78. The van der Waals surface area contributed by atoms with Crippen LogP contribution in [-0.2, 0) is 0 Å². The van der Waals surface area contributed by atoms with Gasteiger partial charge in [-0.2, -0.15) is 4.98 Å². The maximum atomic E-state index is 5.62. The quantitative estimate of drug-likeness (QED) is 0.612. The molecule has 0 aliphatic carbocycles. The van der Waals surface area contributed by atoms with Gasteiger partial charge in [-0.3, -0.25) is 0 Å². The van der Waals surface area contributed by atoms with Crippen molar-refractivity contribution in [2.75, 3.05) is 31.5 Å². The number of hydrogen-bond donors (Lipinski definition) is 2. The van der Waals surface area contributed by atoms with Crippen molar-refractivity contribution < 1.29 is 14.2 Å². The van der Waals surface area contributed by atoms with Crippen molar-refractivity contribution in [1.82, 2.24) is 9.97 Å². The zero-order chi connectivity index (χ0) is 19.1. The number of methoxy groups -OCH3 is 2. The average molecular weight is 366 g/mol. The SMILES string of the molecule is CCOc1ccccc1Nc1nccc(Nc2ccc(OC)c(OC)c2)n1. The van der Waals surface area contributed by atoms with Crippen LogP contribution in [0.3, 0.4) is 0 Å². The lowest BCUT2D eigenvalue weighted by Gasteiger charge is -2.13. The molecule has 1 heterocycles. The summed E-state index contributed by atoms with van der Waals surface area (Å²) in [5, 5.41) is 6.43. The summed E-state index contributed by atoms with van der Waals surface area (Å²) in [7, 11) is 3.21. The van der Waals surface area contributed by atoms with E-state index in [-0.39, 0.29) is 0 Å². The molecule has 0 aliphatic heterocycles. The summed E-state index contributed by atoms with van der Waals surface area (Å²) in [5.74, 6) is 3.17. The second kappa shape index (κ2) is 8.75. The molecule has 3 aromatic rings. The molecule has 7 heteroatoms. The molecule has 0 unspecified atom stereocenters. The molecule has 0 atom stereocenters. The van der Waals surface area contributed by atoms with E-state index < -0.39 is 0 Å². The molecular formula is C20H22N4O3. The topological polar surface area (TPSA) is 77.5 Å². The number of nitrogens with zero attached hydrogens (tertiary/aromatic N) is 2. The third-order valence-corrected chi connectivity index (χ3v) is 3.74. The van der Waals surface area contributed by atoms with E-state index in [1.165, 1.54) is 0 Å². The number of ether oxygens (including phenoxy) is 3. The Morgan fingerprint density at radius 3 is 2.48 bits per heavy atom. The van der Waals surface area contributed by atoms with Crippen molar-refractivity contribution >= 4 is 23.1 Å². The molecule has 7 nitrogen and oxygen atoms in total. The molecule has 27 heavy (non-hydrogen) atoms. The third kappa shape index (κ3) is 4.58. The first-order valence-electron chi connectivity index (χ1n) is 8.54. The second-order valence-electron chi connectivity index (χ2n) is 5.51. The maximum Gasteiger partial charge on any atom is 0.229 e. The zero-order valence-corrected chi connectivity index (χ0v) is 15.5. The molecule has 0 bridgehead atoms. The Bertz CT molecular complexity index is 902. The first kappa shape index (κ1) is 18.3. The van der Waals surface area contributed by atoms with Crippen LogP contribution in [0.25, 0.3) is 0 Å². The van der Waals surface area contributed by atoms with E-state index in [1.54, 1.807) is 26.5 Å². The highest BCUT2D eigenvalue weighted by Crippen LogP contribution is 2.31. The summed E-state index contributed by atoms with van der Waals surface area (Å²) < 4.78 is 16.2. The molecule has 1 aromatic heterocycles. The Morgan fingerprint density at radius 1 is 0.889 bits per heavy atom. The van der Waals surface area contributed by atoms with Crippen molar-refractivity contribution in [1.29, 1.82) is 0 Å². The maximum absolute atomic E-state index is 5.62. The van der Waals surface area contributed by atoms with Gasteiger partial charge in [0, 0.05) is 18.0 Å². The third-order valence-electron chi connectivity index (χ3n) is 3.74. The molecule has 3 rings (SSSR count). The average Bonchev–Trinajstić information content (AvgIpc) is 2.70. The van der Waals surface area contributed by atoms with Crippen LogP contribution in [0.15, 0.2) is 54.7 Å². The predicted molar refractivity (Wildman–Crippen MR) is 106 cm³/mol. The highest BCUT2D eigenvalue weighted by Gasteiger charge is 2.08. The van der Waals surface area contributed by atoms with E-state index >= 15 is 0 Å². The fourth-order valence-electron chi connectivity index (χ4n) is 2.52. The van der Waals surface area contributed by atoms with Crippen molar-refractivity contribution in [3.05, 3.63) is 54.7 Å². The summed E-state index contributed by atoms with van der Waals surface area (Å²) in [6.07, 6.45) is 1.68. The minimum Gasteiger partial charge on any atom is -0.493 e. The van der Waals surface area contributed by atoms with Crippen LogP contribution in [0, 0.1) is 0 Å². The number of nitrogens with one attached hydrogen (secondary N) is 2. The van der Waals surface area contributed by atoms with Crippen LogP contribution in [0.4, 0.5) is 23.1 Å². The molecule has 0 amide bonds. The van der Waals surface area contributed by atoms with Crippen LogP contribution < -0.4 is 24.8 Å². The van der Waals surface area contributed by atoms with Gasteiger partial charge in [0.1, 0.15) is 11.6 Å². The predicted octanol–water partition coefficient (Wildman–Crippen LogP) is 4.38. The van der Waals surface area contributed by atoms with E-state index in [2.05, 4.69) is 20.6 Å². The lowest BCUT2D eigenvalue weighted by molar-refractivity contribution is 0.342. The van der Waals surface area contributed by atoms with Crippen LogP contribution in [-0.4, -0.2) is 30.8 Å². The van der Waals surface area contributed by atoms with Gasteiger partial charge in [-0.05, 0) is 37.3 Å².